The summed E-state index contributed by atoms with van der Waals surface area (Å²) in [6.07, 6.45) is 8.39. The third-order valence-corrected chi connectivity index (χ3v) is 6.84. The van der Waals surface area contributed by atoms with Crippen molar-refractivity contribution in [1.29, 1.82) is 0 Å². The van der Waals surface area contributed by atoms with Crippen LogP contribution in [0, 0.1) is 26.7 Å². The lowest BCUT2D eigenvalue weighted by Gasteiger charge is -2.39. The molecule has 0 amide bonds. The molecule has 2 heterocycles. The fourth-order valence-electron chi connectivity index (χ4n) is 5.59. The van der Waals surface area contributed by atoms with Gasteiger partial charge in [0.1, 0.15) is 12.4 Å². The SMILES string of the molecule is Cc1cc(C)c(C2Nc3ccc(OCC4CCCO4)cc3C3C=CCC32)c(C)c1. The molecule has 2 aromatic carbocycles. The maximum atomic E-state index is 6.09. The molecule has 0 saturated carbocycles. The van der Waals surface area contributed by atoms with Crippen LogP contribution in [0.25, 0.3) is 0 Å². The molecule has 2 aliphatic heterocycles. The largest absolute Gasteiger partial charge is 0.491 e. The maximum absolute atomic E-state index is 6.09. The molecule has 0 aromatic heterocycles. The van der Waals surface area contributed by atoms with E-state index in [2.05, 4.69) is 68.6 Å². The Bertz CT molecular complexity index is 919. The summed E-state index contributed by atoms with van der Waals surface area (Å²) in [4.78, 5) is 0. The number of fused-ring (bicyclic) bond motifs is 3. The van der Waals surface area contributed by atoms with Gasteiger partial charge in [0.05, 0.1) is 12.1 Å². The van der Waals surface area contributed by atoms with Crippen LogP contribution < -0.4 is 10.1 Å². The van der Waals surface area contributed by atoms with Crippen LogP contribution in [0.5, 0.6) is 5.75 Å². The van der Waals surface area contributed by atoms with Gasteiger partial charge in [-0.05, 0) is 86.4 Å². The molecule has 1 aliphatic carbocycles. The van der Waals surface area contributed by atoms with Gasteiger partial charge in [-0.25, -0.2) is 0 Å². The van der Waals surface area contributed by atoms with Gasteiger partial charge in [0, 0.05) is 18.2 Å². The quantitative estimate of drug-likeness (QED) is 0.651. The summed E-state index contributed by atoms with van der Waals surface area (Å²) in [5.41, 5.74) is 8.21. The Kier molecular flexibility index (Phi) is 4.87. The molecule has 2 aromatic rings. The van der Waals surface area contributed by atoms with E-state index in [1.165, 1.54) is 33.5 Å². The van der Waals surface area contributed by atoms with Crippen LogP contribution in [0.15, 0.2) is 42.5 Å². The van der Waals surface area contributed by atoms with E-state index in [-0.39, 0.29) is 6.10 Å². The second-order valence-corrected chi connectivity index (χ2v) is 8.98. The summed E-state index contributed by atoms with van der Waals surface area (Å²) < 4.78 is 11.8. The molecular formula is C26H31NO2. The number of allylic oxidation sites excluding steroid dienone is 2. The third kappa shape index (κ3) is 3.46. The fraction of sp³-hybridized carbons (Fsp3) is 0.462. The number of hydrogen-bond acceptors (Lipinski definition) is 3. The van der Waals surface area contributed by atoms with Crippen molar-refractivity contribution in [3.05, 3.63) is 70.3 Å². The minimum atomic E-state index is 0.250. The molecule has 0 radical (unpaired) electrons. The molecule has 3 aliphatic rings. The van der Waals surface area contributed by atoms with Crippen LogP contribution in [0.2, 0.25) is 0 Å². The normalized spacial score (nSPS) is 27.4. The molecule has 29 heavy (non-hydrogen) atoms. The Hall–Kier alpha value is -2.26. The molecule has 5 rings (SSSR count). The first-order chi connectivity index (χ1) is 14.1. The van der Waals surface area contributed by atoms with Crippen molar-refractivity contribution in [1.82, 2.24) is 0 Å². The van der Waals surface area contributed by atoms with Gasteiger partial charge < -0.3 is 14.8 Å². The zero-order chi connectivity index (χ0) is 20.0. The minimum absolute atomic E-state index is 0.250. The zero-order valence-corrected chi connectivity index (χ0v) is 17.7. The number of rotatable bonds is 4. The monoisotopic (exact) mass is 389 g/mol. The van der Waals surface area contributed by atoms with Gasteiger partial charge in [0.15, 0.2) is 0 Å². The first-order valence-corrected chi connectivity index (χ1v) is 11.0. The van der Waals surface area contributed by atoms with Gasteiger partial charge in [-0.2, -0.15) is 0 Å². The summed E-state index contributed by atoms with van der Waals surface area (Å²) in [5.74, 6) is 1.96. The Morgan fingerprint density at radius 1 is 1.10 bits per heavy atom. The highest BCUT2D eigenvalue weighted by atomic mass is 16.5. The van der Waals surface area contributed by atoms with E-state index in [0.717, 1.165) is 31.6 Å². The van der Waals surface area contributed by atoms with E-state index in [1.807, 2.05) is 0 Å². The highest BCUT2D eigenvalue weighted by Crippen LogP contribution is 2.51. The predicted octanol–water partition coefficient (Wildman–Crippen LogP) is 6.00. The fourth-order valence-corrected chi connectivity index (χ4v) is 5.59. The van der Waals surface area contributed by atoms with Crippen molar-refractivity contribution < 1.29 is 9.47 Å². The maximum Gasteiger partial charge on any atom is 0.119 e. The smallest absolute Gasteiger partial charge is 0.119 e. The van der Waals surface area contributed by atoms with Gasteiger partial charge in [-0.3, -0.25) is 0 Å². The van der Waals surface area contributed by atoms with E-state index < -0.39 is 0 Å². The van der Waals surface area contributed by atoms with Gasteiger partial charge in [0.2, 0.25) is 0 Å². The molecule has 0 spiro atoms. The van der Waals surface area contributed by atoms with Crippen LogP contribution in [-0.2, 0) is 4.74 Å². The van der Waals surface area contributed by atoms with Crippen molar-refractivity contribution in [2.75, 3.05) is 18.5 Å². The van der Waals surface area contributed by atoms with Crippen molar-refractivity contribution in [3.8, 4) is 5.75 Å². The first-order valence-electron chi connectivity index (χ1n) is 11.0. The lowest BCUT2D eigenvalue weighted by Crippen LogP contribution is -2.30. The Morgan fingerprint density at radius 2 is 1.93 bits per heavy atom. The first kappa shape index (κ1) is 18.7. The molecule has 3 heteroatoms. The highest BCUT2D eigenvalue weighted by molar-refractivity contribution is 5.62. The molecule has 0 bridgehead atoms. The topological polar surface area (TPSA) is 30.5 Å². The number of benzene rings is 2. The number of hydrogen-bond donors (Lipinski definition) is 1. The van der Waals surface area contributed by atoms with E-state index in [4.69, 9.17) is 9.47 Å². The average molecular weight is 390 g/mol. The second-order valence-electron chi connectivity index (χ2n) is 8.98. The van der Waals surface area contributed by atoms with Crippen molar-refractivity contribution in [2.45, 2.75) is 58.1 Å². The van der Waals surface area contributed by atoms with E-state index in [1.54, 1.807) is 0 Å². The van der Waals surface area contributed by atoms with Gasteiger partial charge >= 0.3 is 0 Å². The summed E-state index contributed by atoms with van der Waals surface area (Å²) in [6, 6.07) is 11.5. The Labute approximate surface area is 174 Å². The van der Waals surface area contributed by atoms with E-state index >= 15 is 0 Å². The lowest BCUT2D eigenvalue weighted by atomic mass is 9.75. The van der Waals surface area contributed by atoms with E-state index in [0.29, 0.717) is 24.5 Å². The van der Waals surface area contributed by atoms with Crippen molar-refractivity contribution in [3.63, 3.8) is 0 Å². The molecule has 3 nitrogen and oxygen atoms in total. The zero-order valence-electron chi connectivity index (χ0n) is 17.7. The molecule has 1 saturated heterocycles. The van der Waals surface area contributed by atoms with Crippen molar-refractivity contribution >= 4 is 5.69 Å². The predicted molar refractivity (Wildman–Crippen MR) is 118 cm³/mol. The molecule has 4 atom stereocenters. The number of anilines is 1. The Balaban J connectivity index is 1.44. The third-order valence-electron chi connectivity index (χ3n) is 6.84. The van der Waals surface area contributed by atoms with Crippen molar-refractivity contribution in [2.24, 2.45) is 5.92 Å². The summed E-state index contributed by atoms with van der Waals surface area (Å²) in [7, 11) is 0. The number of ether oxygens (including phenoxy) is 2. The molecule has 152 valence electrons. The van der Waals surface area contributed by atoms with Gasteiger partial charge in [-0.1, -0.05) is 29.8 Å². The van der Waals surface area contributed by atoms with Gasteiger partial charge in [-0.15, -0.1) is 0 Å². The lowest BCUT2D eigenvalue weighted by molar-refractivity contribution is 0.0679. The number of nitrogens with one attached hydrogen (secondary N) is 1. The number of aryl methyl sites for hydroxylation is 3. The summed E-state index contributed by atoms with van der Waals surface area (Å²) in [5, 5.41) is 3.89. The molecule has 4 unspecified atom stereocenters. The Morgan fingerprint density at radius 3 is 2.69 bits per heavy atom. The van der Waals surface area contributed by atoms with Crippen LogP contribution >= 0.6 is 0 Å². The van der Waals surface area contributed by atoms with Crippen LogP contribution in [-0.4, -0.2) is 19.3 Å². The molecular weight excluding hydrogens is 358 g/mol. The van der Waals surface area contributed by atoms with Gasteiger partial charge in [0.25, 0.3) is 0 Å². The summed E-state index contributed by atoms with van der Waals surface area (Å²) >= 11 is 0. The highest BCUT2D eigenvalue weighted by Gasteiger charge is 2.39. The van der Waals surface area contributed by atoms with Crippen LogP contribution in [0.4, 0.5) is 5.69 Å². The van der Waals surface area contributed by atoms with E-state index in [9.17, 15) is 0 Å². The standard InChI is InChI=1S/C26H31NO2/c1-16-12-17(2)25(18(3)13-16)26-22-8-4-7-21(22)23-14-19(9-10-24(23)27-26)29-15-20-6-5-11-28-20/h4,7,9-10,12-14,20-22,26-27H,5-6,8,11,15H2,1-3H3. The van der Waals surface area contributed by atoms with Crippen LogP contribution in [0.1, 0.15) is 59.0 Å². The average Bonchev–Trinajstić information content (AvgIpc) is 3.38. The summed E-state index contributed by atoms with van der Waals surface area (Å²) in [6.45, 7) is 8.22. The molecule has 1 fully saturated rings. The van der Waals surface area contributed by atoms with Crippen LogP contribution in [0.3, 0.4) is 0 Å². The molecule has 1 N–H and O–H groups in total. The minimum Gasteiger partial charge on any atom is -0.491 e. The second kappa shape index (κ2) is 7.53.